The third-order valence-corrected chi connectivity index (χ3v) is 2.98. The number of hydrogen-bond acceptors (Lipinski definition) is 4. The minimum atomic E-state index is 0.101. The van der Waals surface area contributed by atoms with Crippen molar-refractivity contribution in [3.8, 4) is 5.88 Å². The van der Waals surface area contributed by atoms with Crippen LogP contribution in [0.1, 0.15) is 41.0 Å². The molecule has 1 aromatic heterocycles. The van der Waals surface area contributed by atoms with Gasteiger partial charge >= 0.3 is 0 Å². The number of hydrogen-bond donors (Lipinski definition) is 1. The summed E-state index contributed by atoms with van der Waals surface area (Å²) in [6.07, 6.45) is 2.50. The van der Waals surface area contributed by atoms with Crippen LogP contribution in [0.4, 0.5) is 5.82 Å². The Morgan fingerprint density at radius 1 is 1.32 bits per heavy atom. The molecule has 0 bridgehead atoms. The first-order chi connectivity index (χ1) is 8.82. The molecule has 0 saturated heterocycles. The molecular formula is C14H24ClN3O. The van der Waals surface area contributed by atoms with Crippen molar-refractivity contribution in [2.75, 3.05) is 11.2 Å². The van der Waals surface area contributed by atoms with Gasteiger partial charge in [0.25, 0.3) is 0 Å². The standard InChI is InChI=1S/C14H24ClN3O/c1-10(2)19-13-8-12(16-9-17-13)18-11(6-7-15)14(3,4)5/h8-11H,6-7H2,1-5H3,(H,16,17,18). The van der Waals surface area contributed by atoms with Crippen LogP contribution in [-0.4, -0.2) is 28.0 Å². The molecule has 1 N–H and O–H groups in total. The van der Waals surface area contributed by atoms with Crippen molar-refractivity contribution in [3.63, 3.8) is 0 Å². The van der Waals surface area contributed by atoms with Crippen LogP contribution < -0.4 is 10.1 Å². The minimum absolute atomic E-state index is 0.101. The van der Waals surface area contributed by atoms with Crippen LogP contribution in [0.25, 0.3) is 0 Å². The lowest BCUT2D eigenvalue weighted by Gasteiger charge is -2.31. The molecule has 1 heterocycles. The van der Waals surface area contributed by atoms with Crippen LogP contribution in [0.3, 0.4) is 0 Å². The predicted octanol–water partition coefficient (Wildman–Crippen LogP) is 3.72. The van der Waals surface area contributed by atoms with Gasteiger partial charge in [-0.15, -0.1) is 11.6 Å². The van der Waals surface area contributed by atoms with E-state index in [-0.39, 0.29) is 17.6 Å². The molecule has 0 aliphatic rings. The summed E-state index contributed by atoms with van der Waals surface area (Å²) in [5.74, 6) is 1.98. The van der Waals surface area contributed by atoms with Crippen LogP contribution in [0, 0.1) is 5.41 Å². The van der Waals surface area contributed by atoms with E-state index in [1.54, 1.807) is 0 Å². The second-order valence-corrected chi connectivity index (χ2v) is 6.33. The average molecular weight is 286 g/mol. The summed E-state index contributed by atoms with van der Waals surface area (Å²) in [6.45, 7) is 10.5. The molecular weight excluding hydrogens is 262 g/mol. The van der Waals surface area contributed by atoms with Gasteiger partial charge in [0.05, 0.1) is 6.10 Å². The largest absolute Gasteiger partial charge is 0.475 e. The molecule has 0 saturated carbocycles. The third-order valence-electron chi connectivity index (χ3n) is 2.76. The summed E-state index contributed by atoms with van der Waals surface area (Å²) < 4.78 is 5.56. The molecule has 19 heavy (non-hydrogen) atoms. The molecule has 0 fully saturated rings. The Bertz CT molecular complexity index is 391. The van der Waals surface area contributed by atoms with Crippen LogP contribution >= 0.6 is 11.6 Å². The number of anilines is 1. The summed E-state index contributed by atoms with van der Waals surface area (Å²) in [5.41, 5.74) is 0.110. The van der Waals surface area contributed by atoms with Gasteiger partial charge in [0.15, 0.2) is 0 Å². The fourth-order valence-electron chi connectivity index (χ4n) is 1.73. The fourth-order valence-corrected chi connectivity index (χ4v) is 1.95. The molecule has 0 spiro atoms. The van der Waals surface area contributed by atoms with E-state index in [0.717, 1.165) is 12.2 Å². The number of aromatic nitrogens is 2. The number of nitrogens with zero attached hydrogens (tertiary/aromatic N) is 2. The normalized spacial score (nSPS) is 13.4. The molecule has 0 amide bonds. The maximum Gasteiger partial charge on any atom is 0.218 e. The van der Waals surface area contributed by atoms with Gasteiger partial charge in [0.1, 0.15) is 12.1 Å². The molecule has 0 aliphatic heterocycles. The average Bonchev–Trinajstić information content (AvgIpc) is 2.26. The fraction of sp³-hybridized carbons (Fsp3) is 0.714. The second-order valence-electron chi connectivity index (χ2n) is 5.95. The zero-order valence-corrected chi connectivity index (χ0v) is 13.2. The van der Waals surface area contributed by atoms with Gasteiger partial charge in [-0.1, -0.05) is 20.8 Å². The van der Waals surface area contributed by atoms with Gasteiger partial charge in [0, 0.05) is 18.0 Å². The number of alkyl halides is 1. The van der Waals surface area contributed by atoms with Crippen LogP contribution in [0.5, 0.6) is 5.88 Å². The van der Waals surface area contributed by atoms with Gasteiger partial charge in [-0.3, -0.25) is 0 Å². The predicted molar refractivity (Wildman–Crippen MR) is 80.0 cm³/mol. The van der Waals surface area contributed by atoms with Gasteiger partial charge in [0.2, 0.25) is 5.88 Å². The molecule has 0 aliphatic carbocycles. The first-order valence-electron chi connectivity index (χ1n) is 6.64. The molecule has 4 nitrogen and oxygen atoms in total. The second kappa shape index (κ2) is 6.94. The Balaban J connectivity index is 2.79. The minimum Gasteiger partial charge on any atom is -0.475 e. The highest BCUT2D eigenvalue weighted by atomic mass is 35.5. The van der Waals surface area contributed by atoms with E-state index >= 15 is 0 Å². The van der Waals surface area contributed by atoms with E-state index in [0.29, 0.717) is 11.8 Å². The summed E-state index contributed by atoms with van der Waals surface area (Å²) in [4.78, 5) is 8.33. The van der Waals surface area contributed by atoms with E-state index < -0.39 is 0 Å². The lowest BCUT2D eigenvalue weighted by atomic mass is 9.85. The Labute approximate surface area is 120 Å². The molecule has 0 aromatic carbocycles. The van der Waals surface area contributed by atoms with E-state index in [9.17, 15) is 0 Å². The zero-order chi connectivity index (χ0) is 14.5. The zero-order valence-electron chi connectivity index (χ0n) is 12.4. The molecule has 1 atom stereocenters. The number of rotatable bonds is 6. The van der Waals surface area contributed by atoms with E-state index in [4.69, 9.17) is 16.3 Å². The first-order valence-corrected chi connectivity index (χ1v) is 7.17. The van der Waals surface area contributed by atoms with Gasteiger partial charge in [-0.25, -0.2) is 9.97 Å². The molecule has 1 aromatic rings. The van der Waals surface area contributed by atoms with Crippen molar-refractivity contribution in [2.24, 2.45) is 5.41 Å². The van der Waals surface area contributed by atoms with E-state index in [2.05, 4.69) is 36.1 Å². The van der Waals surface area contributed by atoms with Gasteiger partial charge < -0.3 is 10.1 Å². The van der Waals surface area contributed by atoms with Crippen LogP contribution in [0.15, 0.2) is 12.4 Å². The first kappa shape index (κ1) is 16.0. The molecule has 0 radical (unpaired) electrons. The maximum atomic E-state index is 5.87. The maximum absolute atomic E-state index is 5.87. The van der Waals surface area contributed by atoms with E-state index in [1.165, 1.54) is 6.33 Å². The Morgan fingerprint density at radius 2 is 2.00 bits per heavy atom. The topological polar surface area (TPSA) is 47.0 Å². The monoisotopic (exact) mass is 285 g/mol. The SMILES string of the molecule is CC(C)Oc1cc(NC(CCCl)C(C)(C)C)ncn1. The smallest absolute Gasteiger partial charge is 0.218 e. The van der Waals surface area contributed by atoms with Crippen molar-refractivity contribution >= 4 is 17.4 Å². The van der Waals surface area contributed by atoms with E-state index in [1.807, 2.05) is 19.9 Å². The quantitative estimate of drug-likeness (QED) is 0.809. The third kappa shape index (κ3) is 5.64. The van der Waals surface area contributed by atoms with Gasteiger partial charge in [-0.05, 0) is 25.7 Å². The lowest BCUT2D eigenvalue weighted by molar-refractivity contribution is 0.232. The van der Waals surface area contributed by atoms with Crippen molar-refractivity contribution in [1.29, 1.82) is 0 Å². The van der Waals surface area contributed by atoms with Gasteiger partial charge in [-0.2, -0.15) is 0 Å². The summed E-state index contributed by atoms with van der Waals surface area (Å²) >= 11 is 5.87. The summed E-state index contributed by atoms with van der Waals surface area (Å²) in [5, 5.41) is 3.42. The number of ether oxygens (including phenoxy) is 1. The van der Waals surface area contributed by atoms with Crippen molar-refractivity contribution in [3.05, 3.63) is 12.4 Å². The Morgan fingerprint density at radius 3 is 2.53 bits per heavy atom. The highest BCUT2D eigenvalue weighted by Crippen LogP contribution is 2.26. The molecule has 1 unspecified atom stereocenters. The Hall–Kier alpha value is -1.03. The Kier molecular flexibility index (Phi) is 5.85. The highest BCUT2D eigenvalue weighted by Gasteiger charge is 2.24. The number of nitrogens with one attached hydrogen (secondary N) is 1. The van der Waals surface area contributed by atoms with Crippen molar-refractivity contribution in [1.82, 2.24) is 9.97 Å². The van der Waals surface area contributed by atoms with Crippen LogP contribution in [0.2, 0.25) is 0 Å². The molecule has 5 heteroatoms. The van der Waals surface area contributed by atoms with Crippen molar-refractivity contribution in [2.45, 2.75) is 53.2 Å². The number of halogens is 1. The molecule has 1 rings (SSSR count). The summed E-state index contributed by atoms with van der Waals surface area (Å²) in [6, 6.07) is 2.08. The lowest BCUT2D eigenvalue weighted by Crippen LogP contribution is -2.34. The van der Waals surface area contributed by atoms with Crippen molar-refractivity contribution < 1.29 is 4.74 Å². The summed E-state index contributed by atoms with van der Waals surface area (Å²) in [7, 11) is 0. The van der Waals surface area contributed by atoms with Crippen LogP contribution in [-0.2, 0) is 0 Å². The highest BCUT2D eigenvalue weighted by molar-refractivity contribution is 6.17. The molecule has 108 valence electrons.